The number of fused-ring (bicyclic) bond motifs is 1. The molecule has 15 heteroatoms. The van der Waals surface area contributed by atoms with Gasteiger partial charge in [0.05, 0.1) is 30.1 Å². The van der Waals surface area contributed by atoms with Crippen LogP contribution in [0, 0.1) is 5.41 Å². The number of carbonyl (C=O) groups is 2. The normalized spacial score (nSPS) is 19.9. The third-order valence-electron chi connectivity index (χ3n) is 9.11. The van der Waals surface area contributed by atoms with Crippen molar-refractivity contribution in [3.63, 3.8) is 0 Å². The van der Waals surface area contributed by atoms with Gasteiger partial charge in [-0.25, -0.2) is 22.2 Å². The van der Waals surface area contributed by atoms with Gasteiger partial charge in [-0.05, 0) is 55.4 Å². The Morgan fingerprint density at radius 1 is 1.02 bits per heavy atom. The summed E-state index contributed by atoms with van der Waals surface area (Å²) in [5.41, 5.74) is 7.63. The van der Waals surface area contributed by atoms with E-state index >= 15 is 0 Å². The van der Waals surface area contributed by atoms with Crippen molar-refractivity contribution in [3.8, 4) is 5.75 Å². The minimum Gasteiger partial charge on any atom is -0.489 e. The van der Waals surface area contributed by atoms with E-state index in [2.05, 4.69) is 19.9 Å². The van der Waals surface area contributed by atoms with Gasteiger partial charge in [-0.1, -0.05) is 0 Å². The number of carbonyl (C=O) groups excluding carboxylic acids is 2. The van der Waals surface area contributed by atoms with E-state index < -0.39 is 33.6 Å². The lowest BCUT2D eigenvalue weighted by Gasteiger charge is -2.35. The zero-order valence-electron chi connectivity index (χ0n) is 24.9. The number of amides is 1. The van der Waals surface area contributed by atoms with Crippen molar-refractivity contribution in [3.05, 3.63) is 35.4 Å². The number of halogens is 2. The molecule has 2 aromatic rings. The average Bonchev–Trinajstić information content (AvgIpc) is 3.58. The number of anilines is 4. The summed E-state index contributed by atoms with van der Waals surface area (Å²) in [6.07, 6.45) is 4.42. The molecule has 1 amide bonds. The molecule has 244 valence electrons. The Morgan fingerprint density at radius 3 is 2.42 bits per heavy atom. The molecule has 3 aliphatic heterocycles. The van der Waals surface area contributed by atoms with Crippen LogP contribution in [0.5, 0.6) is 5.75 Å². The number of esters is 1. The van der Waals surface area contributed by atoms with E-state index in [1.54, 1.807) is 23.1 Å². The maximum absolute atomic E-state index is 13.9. The van der Waals surface area contributed by atoms with E-state index in [1.165, 1.54) is 18.9 Å². The lowest BCUT2D eigenvalue weighted by Crippen LogP contribution is -2.40. The van der Waals surface area contributed by atoms with Gasteiger partial charge >= 0.3 is 5.97 Å². The number of nitrogens with one attached hydrogen (secondary N) is 2. The van der Waals surface area contributed by atoms with Crippen molar-refractivity contribution in [2.75, 3.05) is 71.5 Å². The molecule has 1 saturated carbocycles. The molecule has 2 saturated heterocycles. The maximum Gasteiger partial charge on any atom is 0.319 e. The second kappa shape index (κ2) is 12.2. The second-order valence-electron chi connectivity index (χ2n) is 12.3. The van der Waals surface area contributed by atoms with Gasteiger partial charge in [0.2, 0.25) is 10.0 Å². The minimum absolute atomic E-state index is 0.126. The number of ether oxygens (including phenoxy) is 2. The van der Waals surface area contributed by atoms with Crippen LogP contribution in [0.3, 0.4) is 0 Å². The molecule has 0 unspecified atom stereocenters. The minimum atomic E-state index is -3.87. The molecule has 45 heavy (non-hydrogen) atoms. The number of alkyl halides is 2. The number of hydrogen-bond donors (Lipinski definition) is 3. The fourth-order valence-corrected chi connectivity index (χ4v) is 7.08. The summed E-state index contributed by atoms with van der Waals surface area (Å²) in [5, 5.41) is 2.90. The summed E-state index contributed by atoms with van der Waals surface area (Å²) in [7, 11) is -3.87. The first-order valence-corrected chi connectivity index (χ1v) is 17.0. The maximum atomic E-state index is 13.9. The highest BCUT2D eigenvalue weighted by molar-refractivity contribution is 7.92. The Morgan fingerprint density at radius 2 is 1.73 bits per heavy atom. The predicted molar refractivity (Wildman–Crippen MR) is 165 cm³/mol. The summed E-state index contributed by atoms with van der Waals surface area (Å²) < 4.78 is 66.3. The quantitative estimate of drug-likeness (QED) is 0.327. The second-order valence-corrected chi connectivity index (χ2v) is 14.1. The molecule has 1 spiro atoms. The van der Waals surface area contributed by atoms with Crippen molar-refractivity contribution in [1.82, 2.24) is 4.98 Å². The Labute approximate surface area is 260 Å². The van der Waals surface area contributed by atoms with Crippen LogP contribution >= 0.6 is 0 Å². The lowest BCUT2D eigenvalue weighted by molar-refractivity contribution is -0.141. The molecule has 0 radical (unpaired) electrons. The van der Waals surface area contributed by atoms with Gasteiger partial charge in [-0.15, -0.1) is 0 Å². The molecule has 4 N–H and O–H groups in total. The van der Waals surface area contributed by atoms with Crippen LogP contribution in [-0.4, -0.2) is 82.9 Å². The number of benzene rings is 1. The highest BCUT2D eigenvalue weighted by Gasteiger charge is 2.44. The molecule has 3 fully saturated rings. The Kier molecular flexibility index (Phi) is 8.50. The van der Waals surface area contributed by atoms with Crippen LogP contribution in [0.4, 0.5) is 31.8 Å². The first-order valence-electron chi connectivity index (χ1n) is 15.3. The monoisotopic (exact) mass is 648 g/mol. The summed E-state index contributed by atoms with van der Waals surface area (Å²) in [6, 6.07) is 6.48. The van der Waals surface area contributed by atoms with Crippen LogP contribution in [0.2, 0.25) is 0 Å². The van der Waals surface area contributed by atoms with Gasteiger partial charge in [0.1, 0.15) is 18.2 Å². The molecule has 6 rings (SSSR count). The largest absolute Gasteiger partial charge is 0.489 e. The molecule has 0 atom stereocenters. The third-order valence-corrected chi connectivity index (χ3v) is 10.4. The lowest BCUT2D eigenvalue weighted by atomic mass is 9.93. The molecule has 1 aliphatic carbocycles. The fourth-order valence-electron chi connectivity index (χ4n) is 6.19. The zero-order chi connectivity index (χ0) is 31.8. The topological polar surface area (TPSA) is 156 Å². The van der Waals surface area contributed by atoms with Crippen LogP contribution in [0.1, 0.15) is 54.4 Å². The van der Waals surface area contributed by atoms with Gasteiger partial charge < -0.3 is 30.3 Å². The molecule has 12 nitrogen and oxygen atoms in total. The molecular formula is C30H38F2N6O6S. The van der Waals surface area contributed by atoms with Gasteiger partial charge in [-0.3, -0.25) is 14.3 Å². The average molecular weight is 649 g/mol. The van der Waals surface area contributed by atoms with E-state index in [1.807, 2.05) is 0 Å². The Bertz CT molecular complexity index is 1560. The number of aromatic nitrogens is 1. The smallest absolute Gasteiger partial charge is 0.319 e. The predicted octanol–water partition coefficient (Wildman–Crippen LogP) is 3.13. The Balaban J connectivity index is 1.23. The van der Waals surface area contributed by atoms with Crippen molar-refractivity contribution in [2.24, 2.45) is 11.1 Å². The van der Waals surface area contributed by atoms with E-state index in [-0.39, 0.29) is 50.6 Å². The van der Waals surface area contributed by atoms with Crippen LogP contribution in [0.25, 0.3) is 0 Å². The van der Waals surface area contributed by atoms with Gasteiger partial charge in [-0.2, -0.15) is 0 Å². The van der Waals surface area contributed by atoms with Crippen molar-refractivity contribution >= 4 is 44.9 Å². The summed E-state index contributed by atoms with van der Waals surface area (Å²) in [4.78, 5) is 33.6. The highest BCUT2D eigenvalue weighted by Crippen LogP contribution is 2.54. The molecule has 4 aliphatic rings. The highest BCUT2D eigenvalue weighted by atomic mass is 32.2. The van der Waals surface area contributed by atoms with Gasteiger partial charge in [0.15, 0.2) is 11.6 Å². The fraction of sp³-hybridized carbons (Fsp3) is 0.567. The number of nitrogens with zero attached hydrogens (tertiary/aromatic N) is 3. The molecular weight excluding hydrogens is 610 g/mol. The standard InChI is InChI=1S/C30H38F2N6O6S/c31-30(32)8-12-38(13-9-30)27-26-20(3-14-44-26)17-24(34-27)35-28(40)22-2-1-21(36-45(41,42)16-15-43-25(39)19-33)18-23(22)37-10-6-29(4-5-29)7-11-37/h1-2,17-18,36H,3-16,19,33H2,(H,34,35,40). The first kappa shape index (κ1) is 31.3. The van der Waals surface area contributed by atoms with E-state index in [9.17, 15) is 26.8 Å². The summed E-state index contributed by atoms with van der Waals surface area (Å²) in [5.74, 6) is -2.99. The van der Waals surface area contributed by atoms with Crippen LogP contribution < -0.4 is 30.3 Å². The van der Waals surface area contributed by atoms with E-state index in [4.69, 9.17) is 15.2 Å². The zero-order valence-corrected chi connectivity index (χ0v) is 25.8. The van der Waals surface area contributed by atoms with Crippen LogP contribution in [-0.2, 0) is 26.0 Å². The van der Waals surface area contributed by atoms with Crippen molar-refractivity contribution in [2.45, 2.75) is 50.9 Å². The van der Waals surface area contributed by atoms with Gasteiger partial charge in [0, 0.05) is 51.0 Å². The molecule has 4 heterocycles. The number of piperidine rings is 2. The number of nitrogens with two attached hydrogens (primary N) is 1. The first-order chi connectivity index (χ1) is 21.4. The van der Waals surface area contributed by atoms with Crippen molar-refractivity contribution < 1.29 is 36.3 Å². The van der Waals surface area contributed by atoms with Crippen molar-refractivity contribution in [1.29, 1.82) is 0 Å². The summed E-state index contributed by atoms with van der Waals surface area (Å²) in [6.45, 7) is 1.46. The van der Waals surface area contributed by atoms with E-state index in [0.717, 1.165) is 31.5 Å². The summed E-state index contributed by atoms with van der Waals surface area (Å²) >= 11 is 0. The van der Waals surface area contributed by atoms with E-state index in [0.29, 0.717) is 41.3 Å². The number of hydrogen-bond acceptors (Lipinski definition) is 10. The Hall–Kier alpha value is -3.72. The molecule has 0 bridgehead atoms. The number of rotatable bonds is 10. The molecule has 1 aromatic carbocycles. The molecule has 1 aromatic heterocycles. The number of sulfonamides is 1. The van der Waals surface area contributed by atoms with Gasteiger partial charge in [0.25, 0.3) is 11.8 Å². The SMILES string of the molecule is NCC(=O)OCCS(=O)(=O)Nc1ccc(C(=O)Nc2cc3c(c(N4CCC(F)(F)CC4)n2)OCC3)c(N2CCC3(CC2)CC3)c1. The third kappa shape index (κ3) is 7.24. The van der Waals surface area contributed by atoms with Crippen LogP contribution in [0.15, 0.2) is 24.3 Å². The number of pyridine rings is 1.